The van der Waals surface area contributed by atoms with Crippen molar-refractivity contribution >= 4 is 11.4 Å². The molecule has 0 atom stereocenters. The summed E-state index contributed by atoms with van der Waals surface area (Å²) in [6.45, 7) is 6.33. The molecule has 0 spiro atoms. The summed E-state index contributed by atoms with van der Waals surface area (Å²) in [4.78, 5) is 2.05. The summed E-state index contributed by atoms with van der Waals surface area (Å²) >= 11 is 0. The number of hydrogen-bond donors (Lipinski definition) is 1. The van der Waals surface area contributed by atoms with Gasteiger partial charge in [-0.1, -0.05) is 6.92 Å². The minimum atomic E-state index is -0.434. The molecule has 0 bridgehead atoms. The number of halogens is 1. The summed E-state index contributed by atoms with van der Waals surface area (Å²) in [5.41, 5.74) is 7.03. The van der Waals surface area contributed by atoms with Gasteiger partial charge in [0.2, 0.25) is 0 Å². The standard InChI is InChI=1S/C13H21FN2O/c1-6-13(2,3)16(4)11-8-12(17-5)9(14)7-10(11)15/h7-8H,6,15H2,1-5H3. The van der Waals surface area contributed by atoms with Crippen LogP contribution in [-0.4, -0.2) is 19.7 Å². The molecule has 17 heavy (non-hydrogen) atoms. The van der Waals surface area contributed by atoms with Crippen molar-refractivity contribution in [3.05, 3.63) is 17.9 Å². The predicted molar refractivity (Wildman–Crippen MR) is 70.1 cm³/mol. The molecule has 0 heterocycles. The Kier molecular flexibility index (Phi) is 3.86. The van der Waals surface area contributed by atoms with Gasteiger partial charge in [0.1, 0.15) is 0 Å². The molecule has 0 saturated heterocycles. The molecule has 0 fully saturated rings. The van der Waals surface area contributed by atoms with Crippen LogP contribution >= 0.6 is 0 Å². The second-order valence-corrected chi connectivity index (χ2v) is 4.77. The van der Waals surface area contributed by atoms with Crippen LogP contribution in [0.3, 0.4) is 0 Å². The number of nitrogen functional groups attached to an aromatic ring is 1. The smallest absolute Gasteiger partial charge is 0.167 e. The fourth-order valence-corrected chi connectivity index (χ4v) is 1.57. The minimum Gasteiger partial charge on any atom is -0.494 e. The molecule has 96 valence electrons. The van der Waals surface area contributed by atoms with Gasteiger partial charge in [0, 0.05) is 24.7 Å². The van der Waals surface area contributed by atoms with Crippen molar-refractivity contribution < 1.29 is 9.13 Å². The second-order valence-electron chi connectivity index (χ2n) is 4.77. The van der Waals surface area contributed by atoms with Gasteiger partial charge in [-0.2, -0.15) is 0 Å². The van der Waals surface area contributed by atoms with Crippen LogP contribution < -0.4 is 15.4 Å². The van der Waals surface area contributed by atoms with Crippen LogP contribution in [0.5, 0.6) is 5.75 Å². The lowest BCUT2D eigenvalue weighted by molar-refractivity contribution is 0.386. The van der Waals surface area contributed by atoms with Gasteiger partial charge in [0.25, 0.3) is 0 Å². The summed E-state index contributed by atoms with van der Waals surface area (Å²) in [5, 5.41) is 0. The summed E-state index contributed by atoms with van der Waals surface area (Å²) in [5.74, 6) is -0.218. The van der Waals surface area contributed by atoms with Gasteiger partial charge in [0.05, 0.1) is 18.5 Å². The van der Waals surface area contributed by atoms with Crippen LogP contribution in [0.1, 0.15) is 27.2 Å². The highest BCUT2D eigenvalue weighted by Gasteiger charge is 2.24. The highest BCUT2D eigenvalue weighted by atomic mass is 19.1. The van der Waals surface area contributed by atoms with E-state index in [0.29, 0.717) is 5.69 Å². The zero-order valence-corrected chi connectivity index (χ0v) is 11.2. The maximum Gasteiger partial charge on any atom is 0.167 e. The van der Waals surface area contributed by atoms with Crippen LogP contribution in [0.4, 0.5) is 15.8 Å². The van der Waals surface area contributed by atoms with Crippen molar-refractivity contribution in [1.29, 1.82) is 0 Å². The van der Waals surface area contributed by atoms with E-state index < -0.39 is 5.82 Å². The van der Waals surface area contributed by atoms with Crippen molar-refractivity contribution in [3.8, 4) is 5.75 Å². The van der Waals surface area contributed by atoms with Crippen LogP contribution in [0.25, 0.3) is 0 Å². The third-order valence-electron chi connectivity index (χ3n) is 3.44. The van der Waals surface area contributed by atoms with Gasteiger partial charge in [-0.3, -0.25) is 0 Å². The molecule has 0 aromatic heterocycles. The lowest BCUT2D eigenvalue weighted by Crippen LogP contribution is -2.40. The SMILES string of the molecule is CCC(C)(C)N(C)c1cc(OC)c(F)cc1N. The van der Waals surface area contributed by atoms with Crippen LogP contribution in [0.15, 0.2) is 12.1 Å². The fraction of sp³-hybridized carbons (Fsp3) is 0.538. The number of nitrogens with zero attached hydrogens (tertiary/aromatic N) is 1. The monoisotopic (exact) mass is 240 g/mol. The van der Waals surface area contributed by atoms with Crippen molar-refractivity contribution in [2.75, 3.05) is 24.8 Å². The Bertz CT molecular complexity index is 405. The van der Waals surface area contributed by atoms with E-state index in [1.165, 1.54) is 13.2 Å². The lowest BCUT2D eigenvalue weighted by atomic mass is 9.99. The topological polar surface area (TPSA) is 38.5 Å². The first-order valence-electron chi connectivity index (χ1n) is 5.70. The maximum atomic E-state index is 13.4. The van der Waals surface area contributed by atoms with E-state index in [9.17, 15) is 4.39 Å². The number of rotatable bonds is 4. The number of hydrogen-bond acceptors (Lipinski definition) is 3. The second kappa shape index (κ2) is 4.82. The Hall–Kier alpha value is -1.45. The van der Waals surface area contributed by atoms with Gasteiger partial charge >= 0.3 is 0 Å². The van der Waals surface area contributed by atoms with E-state index in [-0.39, 0.29) is 11.3 Å². The molecule has 0 aliphatic heterocycles. The average molecular weight is 240 g/mol. The molecule has 2 N–H and O–H groups in total. The number of ether oxygens (including phenoxy) is 1. The van der Waals surface area contributed by atoms with Crippen molar-refractivity contribution in [3.63, 3.8) is 0 Å². The minimum absolute atomic E-state index is 0.0447. The molecule has 3 nitrogen and oxygen atoms in total. The summed E-state index contributed by atoms with van der Waals surface area (Å²) in [6, 6.07) is 2.94. The molecule has 0 amide bonds. The molecule has 4 heteroatoms. The summed E-state index contributed by atoms with van der Waals surface area (Å²) < 4.78 is 18.4. The van der Waals surface area contributed by atoms with Crippen molar-refractivity contribution in [2.45, 2.75) is 32.7 Å². The molecule has 1 aromatic rings. The molecular weight excluding hydrogens is 219 g/mol. The van der Waals surface area contributed by atoms with E-state index >= 15 is 0 Å². The average Bonchev–Trinajstić information content (AvgIpc) is 2.28. The van der Waals surface area contributed by atoms with Crippen molar-refractivity contribution in [2.24, 2.45) is 0 Å². The lowest BCUT2D eigenvalue weighted by Gasteiger charge is -2.37. The molecular formula is C13H21FN2O. The molecule has 1 rings (SSSR count). The summed E-state index contributed by atoms with van der Waals surface area (Å²) in [7, 11) is 3.40. The number of nitrogens with two attached hydrogens (primary N) is 1. The third kappa shape index (κ3) is 2.62. The Balaban J connectivity index is 3.22. The first-order chi connectivity index (χ1) is 7.83. The normalized spacial score (nSPS) is 11.4. The number of anilines is 2. The Morgan fingerprint density at radius 2 is 2.00 bits per heavy atom. The summed E-state index contributed by atoms with van der Waals surface area (Å²) in [6.07, 6.45) is 0.961. The van der Waals surface area contributed by atoms with Crippen LogP contribution in [0.2, 0.25) is 0 Å². The quantitative estimate of drug-likeness (QED) is 0.822. The molecule has 0 aliphatic carbocycles. The number of methoxy groups -OCH3 is 1. The van der Waals surface area contributed by atoms with Gasteiger partial charge in [-0.15, -0.1) is 0 Å². The molecule has 0 radical (unpaired) electrons. The van der Waals surface area contributed by atoms with Crippen molar-refractivity contribution in [1.82, 2.24) is 0 Å². The van der Waals surface area contributed by atoms with Gasteiger partial charge in [-0.05, 0) is 20.3 Å². The zero-order chi connectivity index (χ0) is 13.2. The number of benzene rings is 1. The van der Waals surface area contributed by atoms with Gasteiger partial charge in [-0.25, -0.2) is 4.39 Å². The molecule has 0 aliphatic rings. The van der Waals surface area contributed by atoms with E-state index in [4.69, 9.17) is 10.5 Å². The fourth-order valence-electron chi connectivity index (χ4n) is 1.57. The Morgan fingerprint density at radius 1 is 1.41 bits per heavy atom. The van der Waals surface area contributed by atoms with E-state index in [0.717, 1.165) is 12.1 Å². The molecule has 0 unspecified atom stereocenters. The van der Waals surface area contributed by atoms with Gasteiger partial charge in [0.15, 0.2) is 11.6 Å². The van der Waals surface area contributed by atoms with Crippen LogP contribution in [-0.2, 0) is 0 Å². The predicted octanol–water partition coefficient (Wildman–Crippen LogP) is 3.04. The first kappa shape index (κ1) is 13.6. The Labute approximate surface area is 102 Å². The third-order valence-corrected chi connectivity index (χ3v) is 3.44. The van der Waals surface area contributed by atoms with Gasteiger partial charge < -0.3 is 15.4 Å². The van der Waals surface area contributed by atoms with E-state index in [1.54, 1.807) is 6.07 Å². The Morgan fingerprint density at radius 3 is 2.47 bits per heavy atom. The van der Waals surface area contributed by atoms with E-state index in [1.807, 2.05) is 11.9 Å². The largest absolute Gasteiger partial charge is 0.494 e. The highest BCUT2D eigenvalue weighted by molar-refractivity contribution is 5.70. The van der Waals surface area contributed by atoms with E-state index in [2.05, 4.69) is 20.8 Å². The maximum absolute atomic E-state index is 13.4. The highest BCUT2D eigenvalue weighted by Crippen LogP contribution is 2.34. The van der Waals surface area contributed by atoms with Crippen LogP contribution in [0, 0.1) is 5.82 Å². The zero-order valence-electron chi connectivity index (χ0n) is 11.2. The molecule has 0 saturated carbocycles. The molecule has 1 aromatic carbocycles. The first-order valence-corrected chi connectivity index (χ1v) is 5.70.